The predicted molar refractivity (Wildman–Crippen MR) is 75.9 cm³/mol. The molecule has 94 valence electrons. The van der Waals surface area contributed by atoms with E-state index in [1.165, 1.54) is 30.6 Å². The number of ketones is 1. The van der Waals surface area contributed by atoms with Crippen molar-refractivity contribution in [3.8, 4) is 0 Å². The summed E-state index contributed by atoms with van der Waals surface area (Å²) in [5.74, 6) is 0.237. The largest absolute Gasteiger partial charge is 0.291 e. The van der Waals surface area contributed by atoms with Crippen molar-refractivity contribution in [3.05, 3.63) is 20.8 Å². The lowest BCUT2D eigenvalue weighted by atomic mass is 9.93. The normalized spacial score (nSPS) is 18.3. The molecule has 1 aromatic rings. The number of nitrogens with zero attached hydrogens (tertiary/aromatic N) is 1. The minimum Gasteiger partial charge on any atom is -0.291 e. The molecule has 0 aromatic carbocycles. The third-order valence-electron chi connectivity index (χ3n) is 3.53. The molecule has 1 fully saturated rings. The molecule has 1 aromatic heterocycles. The van der Waals surface area contributed by atoms with Crippen molar-refractivity contribution in [3.63, 3.8) is 0 Å². The molecule has 0 atom stereocenters. The summed E-state index contributed by atoms with van der Waals surface area (Å²) in [6.45, 7) is 6.18. The molecule has 0 amide bonds. The van der Waals surface area contributed by atoms with Crippen LogP contribution in [0.2, 0.25) is 0 Å². The summed E-state index contributed by atoms with van der Waals surface area (Å²) in [5, 5.41) is 1.96. The van der Waals surface area contributed by atoms with Crippen LogP contribution < -0.4 is 0 Å². The van der Waals surface area contributed by atoms with Gasteiger partial charge < -0.3 is 0 Å². The second kappa shape index (κ2) is 5.21. The average molecular weight is 316 g/mol. The number of likely N-dealkylation sites (tertiary alicyclic amines) is 1. The first-order chi connectivity index (χ1) is 8.03. The van der Waals surface area contributed by atoms with E-state index in [0.717, 1.165) is 22.4 Å². The summed E-state index contributed by atoms with van der Waals surface area (Å²) >= 11 is 4.98. The standard InChI is InChI=1S/C13H18BrNOS/c1-13(2,15-7-4-3-5-8-15)12(16)11-10(14)6-9-17-11/h6,9H,3-5,7-8H2,1-2H3. The van der Waals surface area contributed by atoms with Crippen LogP contribution in [0.3, 0.4) is 0 Å². The maximum absolute atomic E-state index is 12.6. The number of carbonyl (C=O) groups is 1. The van der Waals surface area contributed by atoms with Crippen molar-refractivity contribution in [2.45, 2.75) is 38.6 Å². The van der Waals surface area contributed by atoms with E-state index in [0.29, 0.717) is 0 Å². The van der Waals surface area contributed by atoms with Gasteiger partial charge in [0.25, 0.3) is 0 Å². The molecule has 2 heterocycles. The van der Waals surface area contributed by atoms with Gasteiger partial charge in [-0.2, -0.15) is 0 Å². The van der Waals surface area contributed by atoms with Crippen LogP contribution in [0.15, 0.2) is 15.9 Å². The smallest absolute Gasteiger partial charge is 0.193 e. The number of thiophene rings is 1. The number of Topliss-reactive ketones (excluding diaryl/α,β-unsaturated/α-hetero) is 1. The Morgan fingerprint density at radius 1 is 1.35 bits per heavy atom. The Balaban J connectivity index is 2.19. The van der Waals surface area contributed by atoms with Gasteiger partial charge in [0.1, 0.15) is 0 Å². The second-order valence-corrected chi connectivity index (χ2v) is 6.80. The zero-order valence-electron chi connectivity index (χ0n) is 10.3. The predicted octanol–water partition coefficient (Wildman–Crippen LogP) is 3.96. The highest BCUT2D eigenvalue weighted by atomic mass is 79.9. The lowest BCUT2D eigenvalue weighted by molar-refractivity contribution is 0.0583. The first-order valence-electron chi connectivity index (χ1n) is 6.06. The summed E-state index contributed by atoms with van der Waals surface area (Å²) < 4.78 is 0.928. The van der Waals surface area contributed by atoms with Gasteiger partial charge in [-0.25, -0.2) is 0 Å². The maximum Gasteiger partial charge on any atom is 0.193 e. The van der Waals surface area contributed by atoms with Crippen LogP contribution in [0, 0.1) is 0 Å². The molecular weight excluding hydrogens is 298 g/mol. The van der Waals surface area contributed by atoms with Gasteiger partial charge in [0.15, 0.2) is 5.78 Å². The van der Waals surface area contributed by atoms with Crippen molar-refractivity contribution < 1.29 is 4.79 Å². The third-order valence-corrected chi connectivity index (χ3v) is 5.36. The van der Waals surface area contributed by atoms with Crippen LogP contribution in [0.25, 0.3) is 0 Å². The molecule has 2 nitrogen and oxygen atoms in total. The van der Waals surface area contributed by atoms with Crippen molar-refractivity contribution in [1.29, 1.82) is 0 Å². The van der Waals surface area contributed by atoms with E-state index in [1.807, 2.05) is 25.3 Å². The molecule has 1 aliphatic heterocycles. The van der Waals surface area contributed by atoms with E-state index in [9.17, 15) is 4.79 Å². The monoisotopic (exact) mass is 315 g/mol. The van der Waals surface area contributed by atoms with E-state index in [1.54, 1.807) is 0 Å². The van der Waals surface area contributed by atoms with Crippen molar-refractivity contribution >= 4 is 33.0 Å². The first kappa shape index (κ1) is 13.2. The molecule has 0 bridgehead atoms. The van der Waals surface area contributed by atoms with Gasteiger partial charge in [-0.1, -0.05) is 6.42 Å². The van der Waals surface area contributed by atoms with Gasteiger partial charge in [0, 0.05) is 4.47 Å². The van der Waals surface area contributed by atoms with Gasteiger partial charge >= 0.3 is 0 Å². The van der Waals surface area contributed by atoms with Gasteiger partial charge in [0.05, 0.1) is 10.4 Å². The van der Waals surface area contributed by atoms with Crippen molar-refractivity contribution in [2.75, 3.05) is 13.1 Å². The molecule has 0 spiro atoms. The van der Waals surface area contributed by atoms with E-state index >= 15 is 0 Å². The minimum atomic E-state index is -0.381. The van der Waals surface area contributed by atoms with Crippen LogP contribution in [0.5, 0.6) is 0 Å². The van der Waals surface area contributed by atoms with Gasteiger partial charge in [-0.3, -0.25) is 9.69 Å². The summed E-state index contributed by atoms with van der Waals surface area (Å²) in [7, 11) is 0. The number of hydrogen-bond acceptors (Lipinski definition) is 3. The summed E-state index contributed by atoms with van der Waals surface area (Å²) in [6.07, 6.45) is 3.72. The third kappa shape index (κ3) is 2.64. The van der Waals surface area contributed by atoms with Crippen LogP contribution in [0.1, 0.15) is 42.8 Å². The molecule has 0 aliphatic carbocycles. The van der Waals surface area contributed by atoms with Crippen molar-refractivity contribution in [1.82, 2.24) is 4.90 Å². The fourth-order valence-electron chi connectivity index (χ4n) is 2.33. The fourth-order valence-corrected chi connectivity index (χ4v) is 3.98. The van der Waals surface area contributed by atoms with Crippen LogP contribution in [-0.2, 0) is 0 Å². The molecule has 1 saturated heterocycles. The fraction of sp³-hybridized carbons (Fsp3) is 0.615. The number of halogens is 1. The molecule has 0 radical (unpaired) electrons. The maximum atomic E-state index is 12.6. The molecular formula is C13H18BrNOS. The Hall–Kier alpha value is -0.190. The highest BCUT2D eigenvalue weighted by Gasteiger charge is 2.36. The zero-order chi connectivity index (χ0) is 12.5. The van der Waals surface area contributed by atoms with Crippen LogP contribution in [-0.4, -0.2) is 29.3 Å². The number of rotatable bonds is 3. The van der Waals surface area contributed by atoms with E-state index < -0.39 is 0 Å². The summed E-state index contributed by atoms with van der Waals surface area (Å²) in [4.78, 5) is 15.8. The highest BCUT2D eigenvalue weighted by molar-refractivity contribution is 9.10. The second-order valence-electron chi connectivity index (χ2n) is 5.03. The van der Waals surface area contributed by atoms with E-state index in [4.69, 9.17) is 0 Å². The SMILES string of the molecule is CC(C)(C(=O)c1sccc1Br)N1CCCCC1. The number of hydrogen-bond donors (Lipinski definition) is 0. The Kier molecular flexibility index (Phi) is 4.06. The highest BCUT2D eigenvalue weighted by Crippen LogP contribution is 2.30. The van der Waals surface area contributed by atoms with Crippen LogP contribution in [0.4, 0.5) is 0 Å². The van der Waals surface area contributed by atoms with Crippen LogP contribution >= 0.6 is 27.3 Å². The minimum absolute atomic E-state index is 0.237. The Labute approximate surface area is 115 Å². The molecule has 2 rings (SSSR count). The molecule has 1 aliphatic rings. The molecule has 0 N–H and O–H groups in total. The van der Waals surface area contributed by atoms with Gasteiger partial charge in [-0.05, 0) is 67.2 Å². The molecule has 0 unspecified atom stereocenters. The van der Waals surface area contributed by atoms with Gasteiger partial charge in [0.2, 0.25) is 0 Å². The lowest BCUT2D eigenvalue weighted by Gasteiger charge is -2.39. The molecule has 0 saturated carbocycles. The number of piperidine rings is 1. The summed E-state index contributed by atoms with van der Waals surface area (Å²) in [5.41, 5.74) is -0.381. The van der Waals surface area contributed by atoms with E-state index in [2.05, 4.69) is 20.8 Å². The Bertz CT molecular complexity index is 407. The Morgan fingerprint density at radius 2 is 2.00 bits per heavy atom. The van der Waals surface area contributed by atoms with Crippen molar-refractivity contribution in [2.24, 2.45) is 0 Å². The molecule has 17 heavy (non-hydrogen) atoms. The average Bonchev–Trinajstić information content (AvgIpc) is 2.75. The Morgan fingerprint density at radius 3 is 2.53 bits per heavy atom. The topological polar surface area (TPSA) is 20.3 Å². The number of carbonyl (C=O) groups excluding carboxylic acids is 1. The zero-order valence-corrected chi connectivity index (χ0v) is 12.7. The van der Waals surface area contributed by atoms with E-state index in [-0.39, 0.29) is 11.3 Å². The quantitative estimate of drug-likeness (QED) is 0.787. The first-order valence-corrected chi connectivity index (χ1v) is 7.73. The summed E-state index contributed by atoms with van der Waals surface area (Å²) in [6, 6.07) is 1.95. The lowest BCUT2D eigenvalue weighted by Crippen LogP contribution is -2.52. The van der Waals surface area contributed by atoms with Gasteiger partial charge in [-0.15, -0.1) is 11.3 Å². The molecule has 4 heteroatoms.